The molecular formula is C29H42N6O7. The van der Waals surface area contributed by atoms with Gasteiger partial charge >= 0.3 is 6.03 Å². The van der Waals surface area contributed by atoms with E-state index in [4.69, 9.17) is 0 Å². The van der Waals surface area contributed by atoms with Crippen molar-refractivity contribution < 1.29 is 34.5 Å². The summed E-state index contributed by atoms with van der Waals surface area (Å²) in [6.07, 6.45) is 1.53. The second-order valence-corrected chi connectivity index (χ2v) is 9.90. The van der Waals surface area contributed by atoms with Crippen molar-refractivity contribution >= 4 is 23.8 Å². The van der Waals surface area contributed by atoms with Crippen LogP contribution in [-0.2, 0) is 20.8 Å². The lowest BCUT2D eigenvalue weighted by molar-refractivity contribution is -0.128. The number of hydrogen-bond acceptors (Lipinski definition) is 9. The van der Waals surface area contributed by atoms with Crippen molar-refractivity contribution in [2.45, 2.75) is 50.8 Å². The molecule has 2 rings (SSSR count). The number of aromatic hydroxyl groups is 2. The van der Waals surface area contributed by atoms with Crippen LogP contribution in [0.1, 0.15) is 43.4 Å². The van der Waals surface area contributed by atoms with Crippen molar-refractivity contribution in [3.05, 3.63) is 59.7 Å². The second kappa shape index (κ2) is 18.3. The summed E-state index contributed by atoms with van der Waals surface area (Å²) in [6.45, 7) is 2.34. The normalized spacial score (nSPS) is 12.9. The van der Waals surface area contributed by atoms with E-state index in [0.717, 1.165) is 18.4 Å². The van der Waals surface area contributed by atoms with E-state index in [1.54, 1.807) is 0 Å². The third-order valence-electron chi connectivity index (χ3n) is 6.41. The van der Waals surface area contributed by atoms with Gasteiger partial charge in [-0.15, -0.1) is 0 Å². The van der Waals surface area contributed by atoms with Gasteiger partial charge in [0, 0.05) is 32.6 Å². The highest BCUT2D eigenvalue weighted by Gasteiger charge is 2.23. The molecule has 230 valence electrons. The third kappa shape index (κ3) is 13.0. The number of urea groups is 1. The predicted octanol–water partition coefficient (Wildman–Crippen LogP) is 0.169. The summed E-state index contributed by atoms with van der Waals surface area (Å²) >= 11 is 0. The molecule has 9 N–H and O–H groups in total. The van der Waals surface area contributed by atoms with Crippen molar-refractivity contribution in [3.63, 3.8) is 0 Å². The molecule has 0 aliphatic carbocycles. The van der Waals surface area contributed by atoms with Gasteiger partial charge in [-0.2, -0.15) is 0 Å². The molecule has 0 aromatic heterocycles. The second-order valence-electron chi connectivity index (χ2n) is 9.90. The summed E-state index contributed by atoms with van der Waals surface area (Å²) in [7, 11) is 1.48. The summed E-state index contributed by atoms with van der Waals surface area (Å²) in [4.78, 5) is 48.9. The first-order valence-electron chi connectivity index (χ1n) is 13.9. The summed E-state index contributed by atoms with van der Waals surface area (Å²) in [6, 6.07) is 11.7. The molecule has 0 saturated carbocycles. The number of phenols is 2. The highest BCUT2D eigenvalue weighted by Crippen LogP contribution is 2.27. The van der Waals surface area contributed by atoms with Crippen LogP contribution in [0.2, 0.25) is 0 Å². The summed E-state index contributed by atoms with van der Waals surface area (Å²) in [5, 5.41) is 45.1. The Morgan fingerprint density at radius 3 is 2.31 bits per heavy atom. The smallest absolute Gasteiger partial charge is 0.321 e. The number of carbonyl (C=O) groups excluding carboxylic acids is 4. The average molecular weight is 587 g/mol. The standard InChI is InChI=1S/C29H42N6O7/c1-19(33-16-25(38)21-11-12-23(36)24(37)15-21)8-6-7-13-32-29(42)35-28(41)22(14-20-9-4-3-5-10-20)34-27(40)18-31-17-26(39)30-2/h3-5,9-12,15,19,22,25,31,33,36-38H,6-8,13-14,16-18H2,1-2H3,(H,30,39)(H,34,40)(H2,32,35,41,42). The van der Waals surface area contributed by atoms with Crippen molar-refractivity contribution in [2.75, 3.05) is 33.2 Å². The molecule has 3 atom stereocenters. The van der Waals surface area contributed by atoms with E-state index in [0.29, 0.717) is 18.5 Å². The monoisotopic (exact) mass is 586 g/mol. The van der Waals surface area contributed by atoms with Crippen LogP contribution in [-0.4, -0.2) is 84.4 Å². The summed E-state index contributed by atoms with van der Waals surface area (Å²) in [5.74, 6) is -1.97. The van der Waals surface area contributed by atoms with Crippen LogP contribution >= 0.6 is 0 Å². The first-order chi connectivity index (χ1) is 20.1. The maximum Gasteiger partial charge on any atom is 0.321 e. The quantitative estimate of drug-likeness (QED) is 0.0915. The Morgan fingerprint density at radius 2 is 1.62 bits per heavy atom. The number of imide groups is 1. The Labute approximate surface area is 245 Å². The van der Waals surface area contributed by atoms with Crippen LogP contribution < -0.4 is 31.9 Å². The molecule has 0 heterocycles. The Balaban J connectivity index is 1.71. The fourth-order valence-electron chi connectivity index (χ4n) is 3.98. The SMILES string of the molecule is CNC(=O)CNCC(=O)NC(Cc1ccccc1)C(=O)NC(=O)NCCCCC(C)NCC(O)c1ccc(O)c(O)c1. The maximum absolute atomic E-state index is 12.8. The van der Waals surface area contributed by atoms with Crippen LogP contribution in [0.15, 0.2) is 48.5 Å². The molecule has 13 nitrogen and oxygen atoms in total. The van der Waals surface area contributed by atoms with Gasteiger partial charge in [0.05, 0.1) is 19.2 Å². The topological polar surface area (TPSA) is 201 Å². The molecule has 0 saturated heterocycles. The minimum absolute atomic E-state index is 0.0517. The van der Waals surface area contributed by atoms with E-state index in [-0.39, 0.29) is 49.5 Å². The predicted molar refractivity (Wildman–Crippen MR) is 157 cm³/mol. The van der Waals surface area contributed by atoms with Crippen LogP contribution in [0.25, 0.3) is 0 Å². The largest absolute Gasteiger partial charge is 0.504 e. The third-order valence-corrected chi connectivity index (χ3v) is 6.41. The molecule has 0 aliphatic heterocycles. The van der Waals surface area contributed by atoms with Crippen molar-refractivity contribution in [1.82, 2.24) is 31.9 Å². The lowest BCUT2D eigenvalue weighted by atomic mass is 10.1. The molecule has 3 unspecified atom stereocenters. The lowest BCUT2D eigenvalue weighted by Gasteiger charge is -2.19. The Hall–Kier alpha value is -4.20. The van der Waals surface area contributed by atoms with Crippen LogP contribution in [0.3, 0.4) is 0 Å². The number of phenolic OH excluding ortho intramolecular Hbond substituents is 2. The van der Waals surface area contributed by atoms with Crippen molar-refractivity contribution in [1.29, 1.82) is 0 Å². The van der Waals surface area contributed by atoms with Gasteiger partial charge in [-0.05, 0) is 43.0 Å². The zero-order valence-corrected chi connectivity index (χ0v) is 24.0. The number of rotatable bonds is 17. The molecule has 5 amide bonds. The van der Waals surface area contributed by atoms with Gasteiger partial charge in [0.15, 0.2) is 11.5 Å². The van der Waals surface area contributed by atoms with Gasteiger partial charge in [0.25, 0.3) is 5.91 Å². The zero-order chi connectivity index (χ0) is 30.9. The maximum atomic E-state index is 12.8. The number of carbonyl (C=O) groups is 4. The molecule has 0 bridgehead atoms. The van der Waals surface area contributed by atoms with Gasteiger partial charge in [-0.3, -0.25) is 25.0 Å². The van der Waals surface area contributed by atoms with Crippen LogP contribution in [0, 0.1) is 0 Å². The number of benzene rings is 2. The lowest BCUT2D eigenvalue weighted by Crippen LogP contribution is -2.53. The number of likely N-dealkylation sites (N-methyl/N-ethyl adjacent to an activating group) is 1. The highest BCUT2D eigenvalue weighted by atomic mass is 16.3. The van der Waals surface area contributed by atoms with Crippen LogP contribution in [0.5, 0.6) is 11.5 Å². The van der Waals surface area contributed by atoms with Crippen molar-refractivity contribution in [2.24, 2.45) is 0 Å². The van der Waals surface area contributed by atoms with Gasteiger partial charge in [-0.25, -0.2) is 4.79 Å². The molecule has 0 spiro atoms. The Morgan fingerprint density at radius 1 is 0.905 bits per heavy atom. The molecule has 42 heavy (non-hydrogen) atoms. The number of aliphatic hydroxyl groups is 1. The van der Waals surface area contributed by atoms with E-state index in [9.17, 15) is 34.5 Å². The van der Waals surface area contributed by atoms with E-state index < -0.39 is 30.0 Å². The Kier molecular flexibility index (Phi) is 14.8. The van der Waals surface area contributed by atoms with E-state index >= 15 is 0 Å². The number of amides is 5. The minimum Gasteiger partial charge on any atom is -0.504 e. The number of nitrogens with one attached hydrogen (secondary N) is 6. The first kappa shape index (κ1) is 34.0. The van der Waals surface area contributed by atoms with Crippen LogP contribution in [0.4, 0.5) is 4.79 Å². The average Bonchev–Trinajstić information content (AvgIpc) is 2.97. The van der Waals surface area contributed by atoms with E-state index in [1.807, 2.05) is 37.3 Å². The minimum atomic E-state index is -1.000. The van der Waals surface area contributed by atoms with Gasteiger partial charge < -0.3 is 36.6 Å². The van der Waals surface area contributed by atoms with E-state index in [2.05, 4.69) is 31.9 Å². The fraction of sp³-hybridized carbons (Fsp3) is 0.448. The first-order valence-corrected chi connectivity index (χ1v) is 13.9. The Bertz CT molecular complexity index is 1160. The molecule has 2 aromatic carbocycles. The molecular weight excluding hydrogens is 544 g/mol. The van der Waals surface area contributed by atoms with E-state index in [1.165, 1.54) is 25.2 Å². The molecule has 13 heteroatoms. The number of hydrogen-bond donors (Lipinski definition) is 9. The summed E-state index contributed by atoms with van der Waals surface area (Å²) in [5.41, 5.74) is 1.28. The summed E-state index contributed by atoms with van der Waals surface area (Å²) < 4.78 is 0. The highest BCUT2D eigenvalue weighted by molar-refractivity contribution is 5.98. The fourth-order valence-corrected chi connectivity index (χ4v) is 3.98. The van der Waals surface area contributed by atoms with Crippen molar-refractivity contribution in [3.8, 4) is 11.5 Å². The van der Waals surface area contributed by atoms with Gasteiger partial charge in [0.1, 0.15) is 6.04 Å². The molecule has 2 aromatic rings. The molecule has 0 aliphatic rings. The molecule has 0 fully saturated rings. The number of aliphatic hydroxyl groups excluding tert-OH is 1. The zero-order valence-electron chi connectivity index (χ0n) is 24.0. The molecule has 0 radical (unpaired) electrons. The number of unbranched alkanes of at least 4 members (excludes halogenated alkanes) is 1. The van der Waals surface area contributed by atoms with Gasteiger partial charge in [-0.1, -0.05) is 42.8 Å². The van der Waals surface area contributed by atoms with Gasteiger partial charge in [0.2, 0.25) is 11.8 Å².